The van der Waals surface area contributed by atoms with E-state index in [0.29, 0.717) is 36.9 Å². The van der Waals surface area contributed by atoms with Gasteiger partial charge in [0.15, 0.2) is 11.5 Å². The van der Waals surface area contributed by atoms with E-state index in [9.17, 15) is 5.11 Å². The van der Waals surface area contributed by atoms with Crippen LogP contribution in [0.2, 0.25) is 0 Å². The first kappa shape index (κ1) is 24.6. The van der Waals surface area contributed by atoms with Crippen LogP contribution in [0.15, 0.2) is 41.7 Å². The van der Waals surface area contributed by atoms with Crippen molar-refractivity contribution in [3.8, 4) is 17.2 Å². The average molecular weight is 407 g/mol. The zero-order valence-corrected chi connectivity index (χ0v) is 18.3. The Hall–Kier alpha value is -2.44. The zero-order chi connectivity index (χ0) is 21.9. The van der Waals surface area contributed by atoms with Crippen LogP contribution in [-0.2, 0) is 4.74 Å². The first-order chi connectivity index (χ1) is 13.7. The number of benzene rings is 1. The highest BCUT2D eigenvalue weighted by atomic mass is 16.5. The van der Waals surface area contributed by atoms with Crippen molar-refractivity contribution in [2.45, 2.75) is 39.7 Å². The third-order valence-corrected chi connectivity index (χ3v) is 3.86. The Kier molecular flexibility index (Phi) is 10.3. The maximum atomic E-state index is 10.0. The molecule has 0 heterocycles. The summed E-state index contributed by atoms with van der Waals surface area (Å²) in [6.45, 7) is 8.17. The quantitative estimate of drug-likeness (QED) is 0.402. The van der Waals surface area contributed by atoms with Crippen molar-refractivity contribution in [3.05, 3.63) is 47.3 Å². The number of rotatable bonds is 12. The number of ether oxygens (including phenoxy) is 4. The van der Waals surface area contributed by atoms with E-state index in [1.807, 2.05) is 38.1 Å². The van der Waals surface area contributed by atoms with Gasteiger partial charge in [-0.1, -0.05) is 12.2 Å². The summed E-state index contributed by atoms with van der Waals surface area (Å²) in [6, 6.07) is 3.63. The normalized spacial score (nSPS) is 13.0. The van der Waals surface area contributed by atoms with Crippen LogP contribution in [0.5, 0.6) is 17.2 Å². The van der Waals surface area contributed by atoms with Crippen LogP contribution in [0.1, 0.15) is 39.7 Å². The Morgan fingerprint density at radius 2 is 1.76 bits per heavy atom. The minimum absolute atomic E-state index is 0.0440. The molecule has 1 aromatic carbocycles. The molecule has 29 heavy (non-hydrogen) atoms. The van der Waals surface area contributed by atoms with Gasteiger partial charge in [0.1, 0.15) is 6.61 Å². The number of aliphatic hydroxyl groups is 2. The number of methoxy groups -OCH3 is 2. The van der Waals surface area contributed by atoms with Gasteiger partial charge < -0.3 is 29.2 Å². The minimum atomic E-state index is -0.843. The highest BCUT2D eigenvalue weighted by Gasteiger charge is 2.16. The molecule has 0 spiro atoms. The van der Waals surface area contributed by atoms with Gasteiger partial charge in [-0.3, -0.25) is 0 Å². The summed E-state index contributed by atoms with van der Waals surface area (Å²) in [5.74, 6) is 2.32. The van der Waals surface area contributed by atoms with Crippen molar-refractivity contribution in [2.24, 2.45) is 0 Å². The van der Waals surface area contributed by atoms with E-state index in [0.717, 1.165) is 16.9 Å². The molecule has 0 atom stereocenters. The van der Waals surface area contributed by atoms with Crippen molar-refractivity contribution in [1.29, 1.82) is 0 Å². The molecule has 162 valence electrons. The Labute approximate surface area is 174 Å². The fourth-order valence-corrected chi connectivity index (χ4v) is 2.65. The van der Waals surface area contributed by atoms with E-state index in [1.54, 1.807) is 40.2 Å². The lowest BCUT2D eigenvalue weighted by molar-refractivity contribution is 0.0594. The molecule has 0 fully saturated rings. The second kappa shape index (κ2) is 12.2. The molecule has 6 nitrogen and oxygen atoms in total. The molecule has 0 aliphatic heterocycles. The molecular formula is C23H34O6. The molecule has 0 bridgehead atoms. The van der Waals surface area contributed by atoms with Crippen molar-refractivity contribution in [3.63, 3.8) is 0 Å². The Bertz CT molecular complexity index is 700. The third kappa shape index (κ3) is 9.07. The summed E-state index contributed by atoms with van der Waals surface area (Å²) in [7, 11) is 3.13. The summed E-state index contributed by atoms with van der Waals surface area (Å²) in [5, 5.41) is 19.0. The largest absolute Gasteiger partial charge is 0.498 e. The van der Waals surface area contributed by atoms with Crippen LogP contribution >= 0.6 is 0 Å². The number of hydrogen-bond acceptors (Lipinski definition) is 6. The molecular weight excluding hydrogens is 372 g/mol. The van der Waals surface area contributed by atoms with Gasteiger partial charge in [-0.2, -0.15) is 0 Å². The van der Waals surface area contributed by atoms with Crippen LogP contribution in [0, 0.1) is 0 Å². The fraction of sp³-hybridized carbons (Fsp3) is 0.478. The summed E-state index contributed by atoms with van der Waals surface area (Å²) in [5.41, 5.74) is 0.950. The van der Waals surface area contributed by atoms with Gasteiger partial charge in [0.25, 0.3) is 0 Å². The Balaban J connectivity index is 2.98. The van der Waals surface area contributed by atoms with E-state index in [2.05, 4.69) is 0 Å². The second-order valence-corrected chi connectivity index (χ2v) is 7.13. The van der Waals surface area contributed by atoms with Gasteiger partial charge in [-0.15, -0.1) is 0 Å². The van der Waals surface area contributed by atoms with Crippen LogP contribution in [0.25, 0.3) is 6.08 Å². The molecule has 0 radical (unpaired) electrons. The molecule has 0 saturated carbocycles. The Morgan fingerprint density at radius 1 is 1.14 bits per heavy atom. The van der Waals surface area contributed by atoms with E-state index in [4.69, 9.17) is 24.1 Å². The van der Waals surface area contributed by atoms with E-state index < -0.39 is 5.60 Å². The van der Waals surface area contributed by atoms with E-state index in [-0.39, 0.29) is 6.61 Å². The predicted octanol–water partition coefficient (Wildman–Crippen LogP) is 4.12. The lowest BCUT2D eigenvalue weighted by atomic mass is 10.0. The maximum absolute atomic E-state index is 10.0. The molecule has 2 N–H and O–H groups in total. The SMILES string of the molecule is CCO/C(=C\C(C)=C\COc1c(OC)cc(/C=C/CO)cc1OC)CC(C)(C)O. The monoisotopic (exact) mass is 406 g/mol. The van der Waals surface area contributed by atoms with Crippen LogP contribution in [-0.4, -0.2) is 49.9 Å². The van der Waals surface area contributed by atoms with Crippen molar-refractivity contribution in [1.82, 2.24) is 0 Å². The summed E-state index contributed by atoms with van der Waals surface area (Å²) in [4.78, 5) is 0. The van der Waals surface area contributed by atoms with Gasteiger partial charge >= 0.3 is 0 Å². The topological polar surface area (TPSA) is 77.4 Å². The fourth-order valence-electron chi connectivity index (χ4n) is 2.65. The van der Waals surface area contributed by atoms with Gasteiger partial charge in [0.2, 0.25) is 5.75 Å². The molecule has 0 saturated heterocycles. The second-order valence-electron chi connectivity index (χ2n) is 7.13. The van der Waals surface area contributed by atoms with Crippen molar-refractivity contribution < 1.29 is 29.2 Å². The van der Waals surface area contributed by atoms with Crippen LogP contribution in [0.3, 0.4) is 0 Å². The molecule has 0 aromatic heterocycles. The smallest absolute Gasteiger partial charge is 0.203 e. The van der Waals surface area contributed by atoms with Crippen LogP contribution < -0.4 is 14.2 Å². The van der Waals surface area contributed by atoms with Gasteiger partial charge in [-0.05, 0) is 63.1 Å². The summed E-state index contributed by atoms with van der Waals surface area (Å²) < 4.78 is 22.4. The summed E-state index contributed by atoms with van der Waals surface area (Å²) in [6.07, 6.45) is 7.67. The van der Waals surface area contributed by atoms with Crippen molar-refractivity contribution in [2.75, 3.05) is 34.0 Å². The van der Waals surface area contributed by atoms with Gasteiger partial charge in [-0.25, -0.2) is 0 Å². The van der Waals surface area contributed by atoms with Crippen molar-refractivity contribution >= 4 is 6.08 Å². The molecule has 0 aliphatic rings. The average Bonchev–Trinajstić information content (AvgIpc) is 2.65. The minimum Gasteiger partial charge on any atom is -0.498 e. The lowest BCUT2D eigenvalue weighted by Gasteiger charge is -2.19. The molecule has 6 heteroatoms. The number of allylic oxidation sites excluding steroid dienone is 2. The number of aliphatic hydroxyl groups excluding tert-OH is 1. The predicted molar refractivity (Wildman–Crippen MR) is 116 cm³/mol. The standard InChI is InChI=1S/C23H34O6/c1-7-28-19(16-23(3,4)25)13-17(2)10-12-29-22-20(26-5)14-18(9-8-11-24)15-21(22)27-6/h8-10,13-15,24-25H,7,11-12,16H2,1-6H3/b9-8+,17-10+,19-13-. The molecule has 1 rings (SSSR count). The summed E-state index contributed by atoms with van der Waals surface area (Å²) >= 11 is 0. The zero-order valence-electron chi connectivity index (χ0n) is 18.3. The maximum Gasteiger partial charge on any atom is 0.203 e. The first-order valence-electron chi connectivity index (χ1n) is 9.62. The molecule has 1 aromatic rings. The highest BCUT2D eigenvalue weighted by molar-refractivity contribution is 5.62. The number of hydrogen-bond donors (Lipinski definition) is 2. The van der Waals surface area contributed by atoms with Gasteiger partial charge in [0.05, 0.1) is 38.8 Å². The molecule has 0 aliphatic carbocycles. The van der Waals surface area contributed by atoms with E-state index in [1.165, 1.54) is 0 Å². The lowest BCUT2D eigenvalue weighted by Crippen LogP contribution is -2.20. The van der Waals surface area contributed by atoms with Crippen LogP contribution in [0.4, 0.5) is 0 Å². The van der Waals surface area contributed by atoms with E-state index >= 15 is 0 Å². The van der Waals surface area contributed by atoms with Gasteiger partial charge in [0, 0.05) is 6.42 Å². The third-order valence-electron chi connectivity index (χ3n) is 3.86. The molecule has 0 unspecified atom stereocenters. The molecule has 0 amide bonds. The Morgan fingerprint density at radius 3 is 2.24 bits per heavy atom. The first-order valence-corrected chi connectivity index (χ1v) is 9.62. The highest BCUT2D eigenvalue weighted by Crippen LogP contribution is 2.39.